The third-order valence-electron chi connectivity index (χ3n) is 4.83. The van der Waals surface area contributed by atoms with E-state index < -0.39 is 15.7 Å². The van der Waals surface area contributed by atoms with E-state index in [1.807, 2.05) is 12.1 Å². The van der Waals surface area contributed by atoms with E-state index in [1.54, 1.807) is 35.0 Å². The number of aromatic nitrogens is 2. The number of carbonyl (C=O) groups excluding carboxylic acids is 1. The van der Waals surface area contributed by atoms with Crippen molar-refractivity contribution in [1.82, 2.24) is 9.78 Å². The Morgan fingerprint density at radius 1 is 1.19 bits per heavy atom. The van der Waals surface area contributed by atoms with Gasteiger partial charge in [-0.15, -0.1) is 11.3 Å². The van der Waals surface area contributed by atoms with Crippen LogP contribution in [0.4, 0.5) is 0 Å². The Bertz CT molecular complexity index is 1430. The van der Waals surface area contributed by atoms with E-state index in [1.165, 1.54) is 13.2 Å². The summed E-state index contributed by atoms with van der Waals surface area (Å²) in [6.07, 6.45) is 0. The van der Waals surface area contributed by atoms with Crippen molar-refractivity contribution < 1.29 is 17.9 Å². The highest BCUT2D eigenvalue weighted by atomic mass is 35.5. The third kappa shape index (κ3) is 4.33. The van der Waals surface area contributed by atoms with E-state index in [-0.39, 0.29) is 19.3 Å². The number of nitrogens with two attached hydrogens (primary N) is 1. The minimum absolute atomic E-state index is 0.0688. The predicted molar refractivity (Wildman–Crippen MR) is 126 cm³/mol. The number of hydrogen-bond donors (Lipinski definition) is 1. The van der Waals surface area contributed by atoms with Crippen LogP contribution in [0.3, 0.4) is 0 Å². The number of nitrogens with zero attached hydrogens (tertiary/aromatic N) is 2. The maximum atomic E-state index is 13.0. The van der Waals surface area contributed by atoms with Gasteiger partial charge < -0.3 is 10.5 Å². The molecule has 166 valence electrons. The van der Waals surface area contributed by atoms with Crippen molar-refractivity contribution in [3.8, 4) is 5.75 Å². The SMILES string of the molecule is COc1cccc2c1c(CS(=O)(=O)c1cc(Cl)c(Cl)s1)nn2Cc1cccc(C(N)=O)c1. The molecule has 4 rings (SSSR count). The van der Waals surface area contributed by atoms with E-state index in [0.29, 0.717) is 34.5 Å². The van der Waals surface area contributed by atoms with Gasteiger partial charge in [0.15, 0.2) is 9.84 Å². The van der Waals surface area contributed by atoms with Crippen molar-refractivity contribution in [3.05, 3.63) is 74.7 Å². The second kappa shape index (κ2) is 8.74. The van der Waals surface area contributed by atoms with Crippen LogP contribution in [0.2, 0.25) is 9.36 Å². The smallest absolute Gasteiger partial charge is 0.248 e. The van der Waals surface area contributed by atoms with Crippen molar-refractivity contribution in [3.63, 3.8) is 0 Å². The van der Waals surface area contributed by atoms with Crippen LogP contribution in [0.5, 0.6) is 5.75 Å². The molecule has 2 aromatic heterocycles. The molecule has 7 nitrogen and oxygen atoms in total. The number of halogens is 2. The van der Waals surface area contributed by atoms with Crippen LogP contribution in [-0.4, -0.2) is 31.2 Å². The molecule has 2 heterocycles. The lowest BCUT2D eigenvalue weighted by atomic mass is 10.1. The molecule has 0 atom stereocenters. The van der Waals surface area contributed by atoms with Gasteiger partial charge in [-0.2, -0.15) is 5.10 Å². The summed E-state index contributed by atoms with van der Waals surface area (Å²) < 4.78 is 33.5. The molecule has 0 unspecified atom stereocenters. The summed E-state index contributed by atoms with van der Waals surface area (Å²) in [7, 11) is -2.24. The van der Waals surface area contributed by atoms with Gasteiger partial charge in [0.25, 0.3) is 0 Å². The molecule has 0 aliphatic carbocycles. The van der Waals surface area contributed by atoms with Gasteiger partial charge in [0.2, 0.25) is 5.91 Å². The summed E-state index contributed by atoms with van der Waals surface area (Å²) >= 11 is 12.8. The quantitative estimate of drug-likeness (QED) is 0.393. The van der Waals surface area contributed by atoms with Gasteiger partial charge in [-0.3, -0.25) is 9.48 Å². The summed E-state index contributed by atoms with van der Waals surface area (Å²) in [5, 5.41) is 5.38. The molecule has 2 aromatic carbocycles. The maximum Gasteiger partial charge on any atom is 0.248 e. The fraction of sp³-hybridized carbons (Fsp3) is 0.143. The highest BCUT2D eigenvalue weighted by Crippen LogP contribution is 2.37. The first-order valence-electron chi connectivity index (χ1n) is 9.28. The fourth-order valence-electron chi connectivity index (χ4n) is 3.39. The van der Waals surface area contributed by atoms with Crippen LogP contribution >= 0.6 is 34.5 Å². The molecule has 1 amide bonds. The molecule has 0 spiro atoms. The van der Waals surface area contributed by atoms with Crippen LogP contribution in [0, 0.1) is 0 Å². The van der Waals surface area contributed by atoms with Crippen molar-refractivity contribution in [2.45, 2.75) is 16.5 Å². The lowest BCUT2D eigenvalue weighted by molar-refractivity contribution is 0.1000. The van der Waals surface area contributed by atoms with Crippen LogP contribution in [0.25, 0.3) is 10.9 Å². The number of benzene rings is 2. The molecule has 0 radical (unpaired) electrons. The Hall–Kier alpha value is -2.59. The minimum atomic E-state index is -3.75. The molecule has 0 saturated heterocycles. The Balaban J connectivity index is 1.80. The average Bonchev–Trinajstić information content (AvgIpc) is 3.28. The van der Waals surface area contributed by atoms with Gasteiger partial charge >= 0.3 is 0 Å². The van der Waals surface area contributed by atoms with Gasteiger partial charge in [0.05, 0.1) is 35.3 Å². The van der Waals surface area contributed by atoms with Gasteiger partial charge in [-0.1, -0.05) is 41.4 Å². The summed E-state index contributed by atoms with van der Waals surface area (Å²) in [5.74, 6) is -0.378. The lowest BCUT2D eigenvalue weighted by Crippen LogP contribution is -2.12. The molecule has 0 aliphatic rings. The Morgan fingerprint density at radius 2 is 1.94 bits per heavy atom. The maximum absolute atomic E-state index is 13.0. The van der Waals surface area contributed by atoms with E-state index in [2.05, 4.69) is 5.10 Å². The minimum Gasteiger partial charge on any atom is -0.496 e. The normalized spacial score (nSPS) is 11.7. The summed E-state index contributed by atoms with van der Waals surface area (Å²) in [6.45, 7) is 0.307. The van der Waals surface area contributed by atoms with Crippen molar-refractivity contribution in [2.75, 3.05) is 7.11 Å². The number of rotatable bonds is 7. The number of amides is 1. The van der Waals surface area contributed by atoms with Gasteiger partial charge in [-0.25, -0.2) is 8.42 Å². The van der Waals surface area contributed by atoms with Crippen molar-refractivity contribution >= 4 is 61.2 Å². The Kier molecular flexibility index (Phi) is 6.17. The van der Waals surface area contributed by atoms with Crippen LogP contribution in [0.15, 0.2) is 52.7 Å². The summed E-state index contributed by atoms with van der Waals surface area (Å²) in [5.41, 5.74) is 7.59. The molecule has 0 saturated carbocycles. The molecule has 32 heavy (non-hydrogen) atoms. The topological polar surface area (TPSA) is 104 Å². The van der Waals surface area contributed by atoms with E-state index >= 15 is 0 Å². The Labute approximate surface area is 198 Å². The molecule has 4 aromatic rings. The predicted octanol–water partition coefficient (Wildman–Crippen LogP) is 4.53. The fourth-order valence-corrected chi connectivity index (χ4v) is 6.63. The highest BCUT2D eigenvalue weighted by molar-refractivity contribution is 7.92. The number of methoxy groups -OCH3 is 1. The van der Waals surface area contributed by atoms with Gasteiger partial charge in [0.1, 0.15) is 20.0 Å². The molecule has 11 heteroatoms. The third-order valence-corrected chi connectivity index (χ3v) is 8.89. The molecular weight excluding hydrogens is 493 g/mol. The van der Waals surface area contributed by atoms with Crippen LogP contribution in [0.1, 0.15) is 21.6 Å². The summed E-state index contributed by atoms with van der Waals surface area (Å²) in [4.78, 5) is 11.5. The zero-order chi connectivity index (χ0) is 23.0. The van der Waals surface area contributed by atoms with Crippen molar-refractivity contribution in [1.29, 1.82) is 0 Å². The number of fused-ring (bicyclic) bond motifs is 1. The highest BCUT2D eigenvalue weighted by Gasteiger charge is 2.25. The second-order valence-corrected chi connectivity index (χ2v) is 11.2. The second-order valence-electron chi connectivity index (χ2n) is 6.97. The van der Waals surface area contributed by atoms with E-state index in [0.717, 1.165) is 16.9 Å². The van der Waals surface area contributed by atoms with E-state index in [9.17, 15) is 13.2 Å². The molecule has 2 N–H and O–H groups in total. The molecule has 0 fully saturated rings. The number of primary amides is 1. The van der Waals surface area contributed by atoms with Crippen molar-refractivity contribution in [2.24, 2.45) is 5.73 Å². The molecular formula is C21H17Cl2N3O4S2. The van der Waals surface area contributed by atoms with Gasteiger partial charge in [-0.05, 0) is 35.9 Å². The number of hydrogen-bond acceptors (Lipinski definition) is 6. The standard InChI is InChI=1S/C21H17Cl2N3O4S2/c1-30-17-7-3-6-16-19(17)15(11-32(28,29)18-9-14(22)20(23)31-18)25-26(16)10-12-4-2-5-13(8-12)21(24)27/h2-9H,10-11H2,1H3,(H2,24,27). The van der Waals surface area contributed by atoms with Crippen LogP contribution in [-0.2, 0) is 22.1 Å². The zero-order valence-electron chi connectivity index (χ0n) is 16.7. The van der Waals surface area contributed by atoms with Gasteiger partial charge in [0, 0.05) is 5.56 Å². The number of ether oxygens (including phenoxy) is 1. The van der Waals surface area contributed by atoms with Crippen LogP contribution < -0.4 is 10.5 Å². The number of sulfone groups is 1. The number of thiophene rings is 1. The Morgan fingerprint density at radius 3 is 2.59 bits per heavy atom. The molecule has 0 aliphatic heterocycles. The summed E-state index contributed by atoms with van der Waals surface area (Å²) in [6, 6.07) is 13.6. The van der Waals surface area contributed by atoms with E-state index in [4.69, 9.17) is 33.7 Å². The first kappa shape index (κ1) is 22.6. The lowest BCUT2D eigenvalue weighted by Gasteiger charge is -2.06. The zero-order valence-corrected chi connectivity index (χ0v) is 19.9. The monoisotopic (exact) mass is 509 g/mol. The first-order chi connectivity index (χ1) is 15.2. The molecule has 0 bridgehead atoms. The number of carbonyl (C=O) groups is 1. The first-order valence-corrected chi connectivity index (χ1v) is 12.5. The average molecular weight is 510 g/mol. The largest absolute Gasteiger partial charge is 0.496 e.